The summed E-state index contributed by atoms with van der Waals surface area (Å²) in [6.45, 7) is 7.28. The molecule has 1 aromatic heterocycles. The van der Waals surface area contributed by atoms with E-state index in [9.17, 15) is 9.59 Å². The smallest absolute Gasteiger partial charge is 0.234 e. The number of hydrogen-bond donors (Lipinski definition) is 1. The lowest BCUT2D eigenvalue weighted by molar-refractivity contribution is -0.113. The number of benzene rings is 2. The fourth-order valence-corrected chi connectivity index (χ4v) is 3.98. The number of anilines is 1. The average Bonchev–Trinajstić information content (AvgIpc) is 3.11. The monoisotopic (exact) mass is 472 g/mol. The predicted octanol–water partition coefficient (Wildman–Crippen LogP) is 5.16. The van der Waals surface area contributed by atoms with Gasteiger partial charge < -0.3 is 14.6 Å². The van der Waals surface area contributed by atoms with E-state index in [-0.39, 0.29) is 23.5 Å². The zero-order chi connectivity index (χ0) is 23.4. The minimum absolute atomic E-state index is 0.0175. The lowest BCUT2D eigenvalue weighted by atomic mass is 10.1. The van der Waals surface area contributed by atoms with Crippen molar-refractivity contribution in [1.82, 2.24) is 14.8 Å². The number of rotatable bonds is 8. The van der Waals surface area contributed by atoms with Gasteiger partial charge in [0.15, 0.2) is 22.9 Å². The van der Waals surface area contributed by atoms with E-state index in [0.717, 1.165) is 16.1 Å². The lowest BCUT2D eigenvalue weighted by Gasteiger charge is -2.16. The van der Waals surface area contributed by atoms with Crippen molar-refractivity contribution in [2.24, 2.45) is 7.05 Å². The molecule has 2 aromatic carbocycles. The van der Waals surface area contributed by atoms with Crippen LogP contribution in [0.1, 0.15) is 47.3 Å². The Balaban J connectivity index is 1.59. The van der Waals surface area contributed by atoms with Gasteiger partial charge in [-0.05, 0) is 75.2 Å². The summed E-state index contributed by atoms with van der Waals surface area (Å²) in [7, 11) is 1.84. The highest BCUT2D eigenvalue weighted by molar-refractivity contribution is 7.99. The highest BCUT2D eigenvalue weighted by Gasteiger charge is 2.19. The molecular weight excluding hydrogens is 448 g/mol. The van der Waals surface area contributed by atoms with Crippen LogP contribution >= 0.6 is 23.4 Å². The van der Waals surface area contributed by atoms with Crippen LogP contribution in [0.3, 0.4) is 0 Å². The van der Waals surface area contributed by atoms with Crippen LogP contribution in [0.15, 0.2) is 41.6 Å². The first kappa shape index (κ1) is 23.8. The maximum absolute atomic E-state index is 12.3. The third-order valence-electron chi connectivity index (χ3n) is 4.86. The number of nitrogens with zero attached hydrogens (tertiary/aromatic N) is 3. The van der Waals surface area contributed by atoms with Gasteiger partial charge in [0.2, 0.25) is 5.91 Å². The van der Waals surface area contributed by atoms with Crippen LogP contribution in [0, 0.1) is 13.8 Å². The van der Waals surface area contributed by atoms with Crippen molar-refractivity contribution in [2.45, 2.75) is 39.0 Å². The van der Waals surface area contributed by atoms with Gasteiger partial charge in [-0.2, -0.15) is 0 Å². The van der Waals surface area contributed by atoms with Gasteiger partial charge in [0.25, 0.3) is 0 Å². The van der Waals surface area contributed by atoms with Gasteiger partial charge in [-0.15, -0.1) is 10.2 Å². The highest BCUT2D eigenvalue weighted by Crippen LogP contribution is 2.29. The molecule has 0 aliphatic carbocycles. The molecule has 0 fully saturated rings. The number of ether oxygens (including phenoxy) is 1. The number of Topliss-reactive ketones (excluding diaryl/α,β-unsaturated/α-hetero) is 1. The molecule has 7 nitrogen and oxygen atoms in total. The van der Waals surface area contributed by atoms with Gasteiger partial charge in [-0.3, -0.25) is 9.59 Å². The second-order valence-corrected chi connectivity index (χ2v) is 8.82. The number of aryl methyl sites for hydroxylation is 2. The second kappa shape index (κ2) is 10.2. The summed E-state index contributed by atoms with van der Waals surface area (Å²) in [5.41, 5.74) is 3.13. The first-order valence-electron chi connectivity index (χ1n) is 10.0. The van der Waals surface area contributed by atoms with Crippen molar-refractivity contribution >= 4 is 40.7 Å². The maximum Gasteiger partial charge on any atom is 0.234 e. The molecule has 0 spiro atoms. The fraction of sp³-hybridized carbons (Fsp3) is 0.304. The van der Waals surface area contributed by atoms with Crippen LogP contribution in [0.25, 0.3) is 0 Å². The van der Waals surface area contributed by atoms with Crippen LogP contribution in [0.4, 0.5) is 5.69 Å². The molecular formula is C23H25ClN4O3S. The zero-order valence-electron chi connectivity index (χ0n) is 18.6. The molecule has 1 atom stereocenters. The first-order valence-corrected chi connectivity index (χ1v) is 11.4. The fourth-order valence-electron chi connectivity index (χ4n) is 3.15. The van der Waals surface area contributed by atoms with Gasteiger partial charge in [-0.1, -0.05) is 23.4 Å². The molecule has 0 aliphatic rings. The Morgan fingerprint density at radius 1 is 1.16 bits per heavy atom. The van der Waals surface area contributed by atoms with Crippen LogP contribution in [0.5, 0.6) is 5.75 Å². The number of nitrogens with one attached hydrogen (secondary N) is 1. The van der Waals surface area contributed by atoms with E-state index in [1.54, 1.807) is 24.3 Å². The number of halogens is 1. The Morgan fingerprint density at radius 2 is 1.78 bits per heavy atom. The topological polar surface area (TPSA) is 86.1 Å². The molecule has 168 valence electrons. The third kappa shape index (κ3) is 5.69. The van der Waals surface area contributed by atoms with Crippen LogP contribution in [0.2, 0.25) is 5.02 Å². The number of aromatic nitrogens is 3. The molecule has 9 heteroatoms. The highest BCUT2D eigenvalue weighted by atomic mass is 35.5. The lowest BCUT2D eigenvalue weighted by Crippen LogP contribution is -2.15. The van der Waals surface area contributed by atoms with Crippen molar-refractivity contribution < 1.29 is 14.3 Å². The number of ketones is 1. The number of amides is 1. The molecule has 0 aliphatic heterocycles. The molecule has 1 amide bonds. The average molecular weight is 473 g/mol. The van der Waals surface area contributed by atoms with Crippen molar-refractivity contribution in [3.05, 3.63) is 63.9 Å². The van der Waals surface area contributed by atoms with E-state index < -0.39 is 0 Å². The Labute approximate surface area is 196 Å². The van der Waals surface area contributed by atoms with E-state index in [1.165, 1.54) is 18.7 Å². The summed E-state index contributed by atoms with van der Waals surface area (Å²) in [4.78, 5) is 23.6. The molecule has 1 N–H and O–H groups in total. The largest absolute Gasteiger partial charge is 0.483 e. The third-order valence-corrected chi connectivity index (χ3v) is 6.48. The number of hydrogen-bond acceptors (Lipinski definition) is 6. The number of carbonyl (C=O) groups excluding carboxylic acids is 2. The summed E-state index contributed by atoms with van der Waals surface area (Å²) >= 11 is 7.52. The molecule has 0 radical (unpaired) electrons. The van der Waals surface area contributed by atoms with Crippen LogP contribution in [-0.2, 0) is 11.8 Å². The number of thioether (sulfide) groups is 1. The molecule has 0 saturated carbocycles. The predicted molar refractivity (Wildman–Crippen MR) is 127 cm³/mol. The molecule has 3 aromatic rings. The van der Waals surface area contributed by atoms with Crippen molar-refractivity contribution in [2.75, 3.05) is 11.1 Å². The Morgan fingerprint density at radius 3 is 2.38 bits per heavy atom. The molecule has 0 saturated heterocycles. The Hall–Kier alpha value is -2.84. The van der Waals surface area contributed by atoms with Gasteiger partial charge in [0.1, 0.15) is 5.75 Å². The van der Waals surface area contributed by atoms with E-state index in [1.807, 2.05) is 44.5 Å². The SMILES string of the molecule is CC(=O)c1ccc(NC(=O)CSc2nnc(C(C)Oc3cc(C)c(Cl)c(C)c3)n2C)cc1. The minimum Gasteiger partial charge on any atom is -0.483 e. The maximum atomic E-state index is 12.3. The quantitative estimate of drug-likeness (QED) is 0.360. The zero-order valence-corrected chi connectivity index (χ0v) is 20.2. The van der Waals surface area contributed by atoms with Gasteiger partial charge in [0.05, 0.1) is 5.75 Å². The normalized spacial score (nSPS) is 11.8. The standard InChI is InChI=1S/C23H25ClN4O3S/c1-13-10-19(11-14(2)21(13)24)31-16(4)22-26-27-23(28(22)5)32-12-20(30)25-18-8-6-17(7-9-18)15(3)29/h6-11,16H,12H2,1-5H3,(H,25,30). The minimum atomic E-state index is -0.338. The van der Waals surface area contributed by atoms with Crippen molar-refractivity contribution in [1.29, 1.82) is 0 Å². The summed E-state index contributed by atoms with van der Waals surface area (Å²) in [6.07, 6.45) is -0.338. The van der Waals surface area contributed by atoms with Gasteiger partial charge >= 0.3 is 0 Å². The second-order valence-electron chi connectivity index (χ2n) is 7.50. The van der Waals surface area contributed by atoms with E-state index in [0.29, 0.717) is 28.0 Å². The Kier molecular flexibility index (Phi) is 7.58. The number of carbonyl (C=O) groups is 2. The van der Waals surface area contributed by atoms with Gasteiger partial charge in [-0.25, -0.2) is 0 Å². The molecule has 0 bridgehead atoms. The molecule has 3 rings (SSSR count). The van der Waals surface area contributed by atoms with Gasteiger partial charge in [0, 0.05) is 23.3 Å². The summed E-state index contributed by atoms with van der Waals surface area (Å²) in [5, 5.41) is 12.6. The summed E-state index contributed by atoms with van der Waals surface area (Å²) in [5.74, 6) is 1.34. The summed E-state index contributed by atoms with van der Waals surface area (Å²) < 4.78 is 7.87. The molecule has 1 heterocycles. The van der Waals surface area contributed by atoms with Crippen LogP contribution < -0.4 is 10.1 Å². The van der Waals surface area contributed by atoms with E-state index in [4.69, 9.17) is 16.3 Å². The summed E-state index contributed by atoms with van der Waals surface area (Å²) in [6, 6.07) is 10.6. The van der Waals surface area contributed by atoms with E-state index in [2.05, 4.69) is 15.5 Å². The Bertz CT molecular complexity index is 1120. The first-order chi connectivity index (χ1) is 15.2. The van der Waals surface area contributed by atoms with Crippen molar-refractivity contribution in [3.8, 4) is 5.75 Å². The van der Waals surface area contributed by atoms with Crippen LogP contribution in [-0.4, -0.2) is 32.2 Å². The molecule has 32 heavy (non-hydrogen) atoms. The van der Waals surface area contributed by atoms with Crippen molar-refractivity contribution in [3.63, 3.8) is 0 Å². The van der Waals surface area contributed by atoms with E-state index >= 15 is 0 Å². The molecule has 1 unspecified atom stereocenters.